The summed E-state index contributed by atoms with van der Waals surface area (Å²) < 4.78 is 0. The lowest BCUT2D eigenvalue weighted by Gasteiger charge is -2.34. The third-order valence-electron chi connectivity index (χ3n) is 3.42. The molecule has 0 radical (unpaired) electrons. The van der Waals surface area contributed by atoms with E-state index < -0.39 is 0 Å². The first-order valence-electron chi connectivity index (χ1n) is 6.77. The van der Waals surface area contributed by atoms with Crippen molar-refractivity contribution in [3.63, 3.8) is 0 Å². The Kier molecular flexibility index (Phi) is 4.36. The minimum atomic E-state index is 0.895. The van der Waals surface area contributed by atoms with Gasteiger partial charge in [-0.05, 0) is 20.4 Å². The molecule has 2 heterocycles. The standard InChI is InChI=1S/C13H23N5/c1-4-11-12(14-5-2)15-10-16-13(11)18-8-6-17(3)7-9-18/h10H,4-9H2,1-3H3,(H,14,15,16). The van der Waals surface area contributed by atoms with Crippen molar-refractivity contribution in [3.05, 3.63) is 11.9 Å². The molecule has 0 spiro atoms. The summed E-state index contributed by atoms with van der Waals surface area (Å²) in [6.07, 6.45) is 2.63. The smallest absolute Gasteiger partial charge is 0.137 e. The molecule has 5 nitrogen and oxygen atoms in total. The fourth-order valence-electron chi connectivity index (χ4n) is 2.34. The number of hydrogen-bond donors (Lipinski definition) is 1. The Hall–Kier alpha value is -1.36. The summed E-state index contributed by atoms with van der Waals surface area (Å²) in [5, 5.41) is 3.33. The number of nitrogens with one attached hydrogen (secondary N) is 1. The Labute approximate surface area is 109 Å². The predicted octanol–water partition coefficient (Wildman–Crippen LogP) is 1.22. The molecule has 2 rings (SSSR count). The topological polar surface area (TPSA) is 44.3 Å². The van der Waals surface area contributed by atoms with E-state index in [1.807, 2.05) is 0 Å². The molecule has 0 saturated carbocycles. The Bertz CT molecular complexity index is 385. The molecule has 18 heavy (non-hydrogen) atoms. The van der Waals surface area contributed by atoms with E-state index in [0.29, 0.717) is 0 Å². The van der Waals surface area contributed by atoms with E-state index in [1.165, 1.54) is 5.56 Å². The summed E-state index contributed by atoms with van der Waals surface area (Å²) in [4.78, 5) is 13.6. The third kappa shape index (κ3) is 2.72. The molecular formula is C13H23N5. The number of nitrogens with zero attached hydrogens (tertiary/aromatic N) is 4. The van der Waals surface area contributed by atoms with Gasteiger partial charge in [-0.15, -0.1) is 0 Å². The summed E-state index contributed by atoms with van der Waals surface area (Å²) in [5.41, 5.74) is 1.24. The van der Waals surface area contributed by atoms with E-state index in [-0.39, 0.29) is 0 Å². The molecule has 0 atom stereocenters. The summed E-state index contributed by atoms with van der Waals surface area (Å²) in [7, 11) is 2.17. The van der Waals surface area contributed by atoms with Crippen LogP contribution >= 0.6 is 0 Å². The Morgan fingerprint density at radius 2 is 1.89 bits per heavy atom. The molecule has 1 aromatic rings. The lowest BCUT2D eigenvalue weighted by molar-refractivity contribution is 0.312. The van der Waals surface area contributed by atoms with Crippen molar-refractivity contribution in [3.8, 4) is 0 Å². The third-order valence-corrected chi connectivity index (χ3v) is 3.42. The average molecular weight is 249 g/mol. The molecule has 0 bridgehead atoms. The van der Waals surface area contributed by atoms with Crippen molar-refractivity contribution >= 4 is 11.6 Å². The van der Waals surface area contributed by atoms with Crippen LogP contribution in [0.3, 0.4) is 0 Å². The fraction of sp³-hybridized carbons (Fsp3) is 0.692. The second-order valence-electron chi connectivity index (χ2n) is 4.70. The van der Waals surface area contributed by atoms with Gasteiger partial charge in [-0.3, -0.25) is 0 Å². The molecule has 100 valence electrons. The van der Waals surface area contributed by atoms with Gasteiger partial charge in [-0.25, -0.2) is 9.97 Å². The maximum Gasteiger partial charge on any atom is 0.137 e. The molecule has 5 heteroatoms. The van der Waals surface area contributed by atoms with E-state index in [1.54, 1.807) is 6.33 Å². The van der Waals surface area contributed by atoms with Crippen molar-refractivity contribution in [1.82, 2.24) is 14.9 Å². The van der Waals surface area contributed by atoms with Crippen LogP contribution in [-0.4, -0.2) is 54.6 Å². The van der Waals surface area contributed by atoms with Crippen LogP contribution in [0.4, 0.5) is 11.6 Å². The molecule has 1 aliphatic heterocycles. The van der Waals surface area contributed by atoms with Crippen LogP contribution < -0.4 is 10.2 Å². The highest BCUT2D eigenvalue weighted by Gasteiger charge is 2.19. The summed E-state index contributed by atoms with van der Waals surface area (Å²) in [6.45, 7) is 9.45. The highest BCUT2D eigenvalue weighted by atomic mass is 15.3. The van der Waals surface area contributed by atoms with E-state index in [2.05, 4.69) is 46.0 Å². The molecule has 0 amide bonds. The first-order valence-corrected chi connectivity index (χ1v) is 6.77. The van der Waals surface area contributed by atoms with Crippen molar-refractivity contribution in [2.45, 2.75) is 20.3 Å². The monoisotopic (exact) mass is 249 g/mol. The molecule has 0 aliphatic carbocycles. The van der Waals surface area contributed by atoms with Gasteiger partial charge in [0.2, 0.25) is 0 Å². The Balaban J connectivity index is 2.23. The van der Waals surface area contributed by atoms with Crippen LogP contribution in [0.15, 0.2) is 6.33 Å². The second kappa shape index (κ2) is 6.00. The number of aromatic nitrogens is 2. The van der Waals surface area contributed by atoms with Crippen molar-refractivity contribution < 1.29 is 0 Å². The van der Waals surface area contributed by atoms with Gasteiger partial charge in [0.05, 0.1) is 0 Å². The molecule has 1 saturated heterocycles. The number of rotatable bonds is 4. The first-order chi connectivity index (χ1) is 8.76. The largest absolute Gasteiger partial charge is 0.370 e. The zero-order valence-electron chi connectivity index (χ0n) is 11.6. The molecule has 1 N–H and O–H groups in total. The maximum atomic E-state index is 4.50. The van der Waals surface area contributed by atoms with Crippen molar-refractivity contribution in [1.29, 1.82) is 0 Å². The zero-order chi connectivity index (χ0) is 13.0. The lowest BCUT2D eigenvalue weighted by atomic mass is 10.2. The quantitative estimate of drug-likeness (QED) is 0.869. The van der Waals surface area contributed by atoms with Crippen molar-refractivity contribution in [2.75, 3.05) is 50.0 Å². The van der Waals surface area contributed by atoms with Crippen LogP contribution in [0.1, 0.15) is 19.4 Å². The zero-order valence-corrected chi connectivity index (χ0v) is 11.6. The van der Waals surface area contributed by atoms with Crippen molar-refractivity contribution in [2.24, 2.45) is 0 Å². The van der Waals surface area contributed by atoms with Gasteiger partial charge in [0.25, 0.3) is 0 Å². The molecule has 0 aromatic carbocycles. The SMILES string of the molecule is CCNc1ncnc(N2CCN(C)CC2)c1CC. The predicted molar refractivity (Wildman–Crippen MR) is 75.3 cm³/mol. The van der Waals surface area contributed by atoms with Crippen LogP contribution in [0, 0.1) is 0 Å². The van der Waals surface area contributed by atoms with Crippen LogP contribution in [0.2, 0.25) is 0 Å². The van der Waals surface area contributed by atoms with Gasteiger partial charge in [0.15, 0.2) is 0 Å². The van der Waals surface area contributed by atoms with E-state index in [4.69, 9.17) is 0 Å². The minimum Gasteiger partial charge on any atom is -0.370 e. The highest BCUT2D eigenvalue weighted by molar-refractivity contribution is 5.59. The van der Waals surface area contributed by atoms with Crippen LogP contribution in [-0.2, 0) is 6.42 Å². The molecule has 1 aromatic heterocycles. The summed E-state index contributed by atoms with van der Waals surface area (Å²) >= 11 is 0. The van der Waals surface area contributed by atoms with Gasteiger partial charge in [0, 0.05) is 38.3 Å². The van der Waals surface area contributed by atoms with E-state index >= 15 is 0 Å². The van der Waals surface area contributed by atoms with Gasteiger partial charge in [-0.2, -0.15) is 0 Å². The van der Waals surface area contributed by atoms with Crippen LogP contribution in [0.25, 0.3) is 0 Å². The Morgan fingerprint density at radius 1 is 1.17 bits per heavy atom. The number of piperazine rings is 1. The first kappa shape index (κ1) is 13.1. The van der Waals surface area contributed by atoms with Gasteiger partial charge < -0.3 is 15.1 Å². The molecular weight excluding hydrogens is 226 g/mol. The normalized spacial score (nSPS) is 16.9. The van der Waals surface area contributed by atoms with E-state index in [9.17, 15) is 0 Å². The van der Waals surface area contributed by atoms with Crippen LogP contribution in [0.5, 0.6) is 0 Å². The fourth-order valence-corrected chi connectivity index (χ4v) is 2.34. The number of hydrogen-bond acceptors (Lipinski definition) is 5. The maximum absolute atomic E-state index is 4.50. The summed E-state index contributed by atoms with van der Waals surface area (Å²) in [5.74, 6) is 2.10. The Morgan fingerprint density at radius 3 is 2.50 bits per heavy atom. The lowest BCUT2D eigenvalue weighted by Crippen LogP contribution is -2.45. The number of likely N-dealkylation sites (N-methyl/N-ethyl adjacent to an activating group) is 1. The average Bonchev–Trinajstić information content (AvgIpc) is 2.40. The van der Waals surface area contributed by atoms with Gasteiger partial charge in [0.1, 0.15) is 18.0 Å². The van der Waals surface area contributed by atoms with Gasteiger partial charge >= 0.3 is 0 Å². The molecule has 0 unspecified atom stereocenters. The summed E-state index contributed by atoms with van der Waals surface area (Å²) in [6, 6.07) is 0. The highest BCUT2D eigenvalue weighted by Crippen LogP contribution is 2.24. The molecule has 1 fully saturated rings. The van der Waals surface area contributed by atoms with E-state index in [0.717, 1.165) is 50.8 Å². The minimum absolute atomic E-state index is 0.895. The number of anilines is 2. The molecule has 1 aliphatic rings. The van der Waals surface area contributed by atoms with Gasteiger partial charge in [-0.1, -0.05) is 6.92 Å². The second-order valence-corrected chi connectivity index (χ2v) is 4.70.